The van der Waals surface area contributed by atoms with Gasteiger partial charge in [0.15, 0.2) is 6.17 Å². The highest BCUT2D eigenvalue weighted by atomic mass is 19.3. The van der Waals surface area contributed by atoms with E-state index in [1.807, 2.05) is 19.1 Å². The number of rotatable bonds is 2. The highest BCUT2D eigenvalue weighted by molar-refractivity contribution is 5.83. The minimum Gasteiger partial charge on any atom is -0.377 e. The van der Waals surface area contributed by atoms with Crippen LogP contribution in [-0.4, -0.2) is 12.1 Å². The van der Waals surface area contributed by atoms with E-state index < -0.39 is 29.4 Å². The van der Waals surface area contributed by atoms with Gasteiger partial charge in [0.25, 0.3) is 5.92 Å². The summed E-state index contributed by atoms with van der Waals surface area (Å²) in [6.45, 7) is 7.55. The summed E-state index contributed by atoms with van der Waals surface area (Å²) in [4.78, 5) is 0. The monoisotopic (exact) mass is 414 g/mol. The second-order valence-corrected chi connectivity index (χ2v) is 8.66. The normalized spacial score (nSPS) is 30.5. The second-order valence-electron chi connectivity index (χ2n) is 8.66. The van der Waals surface area contributed by atoms with Gasteiger partial charge in [0.1, 0.15) is 5.82 Å². The van der Waals surface area contributed by atoms with Crippen LogP contribution in [0.2, 0.25) is 0 Å². The first-order chi connectivity index (χ1) is 14.2. The minimum absolute atomic E-state index is 0.00255. The summed E-state index contributed by atoms with van der Waals surface area (Å²) in [5, 5.41) is 6.21. The van der Waals surface area contributed by atoms with Crippen molar-refractivity contribution in [2.45, 2.75) is 44.3 Å². The Hall–Kier alpha value is -2.76. The van der Waals surface area contributed by atoms with Crippen LogP contribution in [0.5, 0.6) is 0 Å². The molecular weight excluding hydrogens is 392 g/mol. The molecule has 2 aromatic rings. The van der Waals surface area contributed by atoms with Gasteiger partial charge in [-0.2, -0.15) is 0 Å². The number of benzene rings is 2. The molecule has 30 heavy (non-hydrogen) atoms. The van der Waals surface area contributed by atoms with Crippen LogP contribution in [0.1, 0.15) is 53.1 Å². The summed E-state index contributed by atoms with van der Waals surface area (Å²) >= 11 is 0. The van der Waals surface area contributed by atoms with Crippen molar-refractivity contribution in [3.63, 3.8) is 0 Å². The third-order valence-electron chi connectivity index (χ3n) is 6.89. The first-order valence-corrected chi connectivity index (χ1v) is 10.0. The second kappa shape index (κ2) is 6.13. The van der Waals surface area contributed by atoms with E-state index >= 15 is 0 Å². The van der Waals surface area contributed by atoms with Gasteiger partial charge in [0, 0.05) is 28.7 Å². The molecule has 4 unspecified atom stereocenters. The minimum atomic E-state index is -3.47. The molecule has 1 saturated carbocycles. The molecule has 4 atom stereocenters. The fourth-order valence-electron chi connectivity index (χ4n) is 5.50. The standard InChI is InChI=1S/C24H22F4N2/c1-12-9-15(25)10-18-20(12)13(2)11-23(22(26)24(23,27)28)21(18)30-19-6-4-5-16-14(3)29-8-7-17(16)19/h4-10,13,21-22,29-30H,3,11H2,1-2H3. The number of fused-ring (bicyclic) bond motifs is 2. The Morgan fingerprint density at radius 1 is 1.23 bits per heavy atom. The fourth-order valence-corrected chi connectivity index (χ4v) is 5.50. The Balaban J connectivity index is 1.69. The van der Waals surface area contributed by atoms with Gasteiger partial charge in [0.2, 0.25) is 0 Å². The lowest BCUT2D eigenvalue weighted by Gasteiger charge is -2.39. The fraction of sp³-hybridized carbons (Fsp3) is 0.333. The number of hydrogen-bond donors (Lipinski definition) is 2. The first-order valence-electron chi connectivity index (χ1n) is 10.0. The summed E-state index contributed by atoms with van der Waals surface area (Å²) in [5.41, 5.74) is 2.93. The van der Waals surface area contributed by atoms with Crippen LogP contribution in [0.3, 0.4) is 0 Å². The molecule has 1 fully saturated rings. The van der Waals surface area contributed by atoms with E-state index in [1.54, 1.807) is 25.3 Å². The van der Waals surface area contributed by atoms with Crippen molar-refractivity contribution in [3.8, 4) is 0 Å². The molecule has 0 bridgehead atoms. The maximum absolute atomic E-state index is 14.7. The summed E-state index contributed by atoms with van der Waals surface area (Å²) in [6.07, 6.45) is 1.27. The molecule has 1 heterocycles. The molecular formula is C24H22F4N2. The number of nitrogens with one attached hydrogen (secondary N) is 2. The van der Waals surface area contributed by atoms with Crippen LogP contribution in [0.15, 0.2) is 43.1 Å². The molecule has 156 valence electrons. The van der Waals surface area contributed by atoms with E-state index in [2.05, 4.69) is 17.2 Å². The number of alkyl halides is 3. The zero-order valence-electron chi connectivity index (χ0n) is 16.7. The molecule has 0 radical (unpaired) electrons. The average Bonchev–Trinajstić information content (AvgIpc) is 3.10. The summed E-state index contributed by atoms with van der Waals surface area (Å²) < 4.78 is 58.6. The highest BCUT2D eigenvalue weighted by Crippen LogP contribution is 2.74. The van der Waals surface area contributed by atoms with Gasteiger partial charge in [-0.3, -0.25) is 0 Å². The average molecular weight is 414 g/mol. The van der Waals surface area contributed by atoms with Crippen LogP contribution < -0.4 is 10.6 Å². The van der Waals surface area contributed by atoms with Crippen molar-refractivity contribution in [1.82, 2.24) is 5.32 Å². The Labute approximate surface area is 172 Å². The van der Waals surface area contributed by atoms with Gasteiger partial charge in [0.05, 0.1) is 11.5 Å². The highest BCUT2D eigenvalue weighted by Gasteiger charge is 2.86. The van der Waals surface area contributed by atoms with Gasteiger partial charge in [-0.05, 0) is 60.2 Å². The third kappa shape index (κ3) is 2.36. The number of halogens is 4. The van der Waals surface area contributed by atoms with Crippen LogP contribution >= 0.6 is 0 Å². The Kier molecular flexibility index (Phi) is 3.92. The molecule has 0 amide bonds. The van der Waals surface area contributed by atoms with Crippen LogP contribution in [-0.2, 0) is 0 Å². The van der Waals surface area contributed by atoms with Crippen LogP contribution in [0.25, 0.3) is 11.8 Å². The molecule has 1 spiro atoms. The van der Waals surface area contributed by atoms with Gasteiger partial charge in [-0.15, -0.1) is 0 Å². The maximum Gasteiger partial charge on any atom is 0.290 e. The van der Waals surface area contributed by atoms with Gasteiger partial charge >= 0.3 is 0 Å². The Bertz CT molecular complexity index is 1110. The van der Waals surface area contributed by atoms with E-state index in [1.165, 1.54) is 12.1 Å². The Morgan fingerprint density at radius 2 is 1.97 bits per heavy atom. The Morgan fingerprint density at radius 3 is 2.67 bits per heavy atom. The summed E-state index contributed by atoms with van der Waals surface area (Å²) in [5.74, 6) is -4.26. The zero-order chi connectivity index (χ0) is 21.4. The van der Waals surface area contributed by atoms with Crippen molar-refractivity contribution < 1.29 is 17.6 Å². The topological polar surface area (TPSA) is 24.1 Å². The quantitative estimate of drug-likeness (QED) is 0.563. The lowest BCUT2D eigenvalue weighted by molar-refractivity contribution is 0.0395. The van der Waals surface area contributed by atoms with Gasteiger partial charge in [-0.25, -0.2) is 17.6 Å². The molecule has 6 heteroatoms. The number of anilines is 1. The van der Waals surface area contributed by atoms with E-state index in [4.69, 9.17) is 0 Å². The van der Waals surface area contributed by atoms with Crippen LogP contribution in [0, 0.1) is 18.2 Å². The predicted molar refractivity (Wildman–Crippen MR) is 110 cm³/mol. The first kappa shape index (κ1) is 19.2. The van der Waals surface area contributed by atoms with E-state index in [9.17, 15) is 17.6 Å². The van der Waals surface area contributed by atoms with Crippen molar-refractivity contribution >= 4 is 17.5 Å². The molecule has 0 aromatic heterocycles. The van der Waals surface area contributed by atoms with E-state index in [0.29, 0.717) is 22.5 Å². The largest absolute Gasteiger partial charge is 0.377 e. The summed E-state index contributed by atoms with van der Waals surface area (Å²) in [7, 11) is 0. The molecule has 2 N–H and O–H groups in total. The SMILES string of the molecule is C=C1NC=Cc2c(NC3c4cc(F)cc(C)c4C(C)CC34C(F)C4(F)F)cccc21. The molecule has 2 aromatic carbocycles. The smallest absolute Gasteiger partial charge is 0.290 e. The zero-order valence-corrected chi connectivity index (χ0v) is 16.7. The van der Waals surface area contributed by atoms with Gasteiger partial charge in [-0.1, -0.05) is 25.6 Å². The molecule has 0 saturated heterocycles. The van der Waals surface area contributed by atoms with Gasteiger partial charge < -0.3 is 10.6 Å². The molecule has 1 aliphatic heterocycles. The molecule has 2 nitrogen and oxygen atoms in total. The molecule has 3 aliphatic rings. The van der Waals surface area contributed by atoms with E-state index in [-0.39, 0.29) is 12.3 Å². The third-order valence-corrected chi connectivity index (χ3v) is 6.89. The number of aryl methyl sites for hydroxylation is 1. The summed E-state index contributed by atoms with van der Waals surface area (Å²) in [6, 6.07) is 7.08. The lowest BCUT2D eigenvalue weighted by Crippen LogP contribution is -2.35. The lowest BCUT2D eigenvalue weighted by atomic mass is 9.70. The van der Waals surface area contributed by atoms with Crippen molar-refractivity contribution in [3.05, 3.63) is 76.7 Å². The molecule has 2 aliphatic carbocycles. The predicted octanol–water partition coefficient (Wildman–Crippen LogP) is 6.31. The van der Waals surface area contributed by atoms with Crippen molar-refractivity contribution in [1.29, 1.82) is 0 Å². The molecule has 5 rings (SSSR count). The van der Waals surface area contributed by atoms with Crippen LogP contribution in [0.4, 0.5) is 23.2 Å². The van der Waals surface area contributed by atoms with E-state index in [0.717, 1.165) is 16.7 Å². The number of hydrogen-bond acceptors (Lipinski definition) is 2. The van der Waals surface area contributed by atoms with Crippen molar-refractivity contribution in [2.75, 3.05) is 5.32 Å². The maximum atomic E-state index is 14.7. The van der Waals surface area contributed by atoms with Crippen molar-refractivity contribution in [2.24, 2.45) is 5.41 Å².